The molecule has 8 heteroatoms. The number of allylic oxidation sites excluding steroid dienone is 4. The molecule has 0 fully saturated rings. The summed E-state index contributed by atoms with van der Waals surface area (Å²) in [5.41, 5.74) is 4.32. The molecule has 7 nitrogen and oxygen atoms in total. The van der Waals surface area contributed by atoms with Crippen molar-refractivity contribution in [2.24, 2.45) is 17.0 Å². The van der Waals surface area contributed by atoms with Gasteiger partial charge in [-0.3, -0.25) is 10.1 Å². The van der Waals surface area contributed by atoms with Gasteiger partial charge in [0, 0.05) is 36.2 Å². The second-order valence-electron chi connectivity index (χ2n) is 9.24. The third-order valence-electron chi connectivity index (χ3n) is 7.60. The molecule has 6 rings (SSSR count). The number of nitrogens with zero attached hydrogens (tertiary/aromatic N) is 2. The average Bonchev–Trinajstić information content (AvgIpc) is 3.43. The molecular weight excluding hydrogens is 426 g/mol. The smallest absolute Gasteiger partial charge is 0.269 e. The van der Waals surface area contributed by atoms with E-state index in [9.17, 15) is 18.5 Å². The molecule has 0 spiro atoms. The van der Waals surface area contributed by atoms with Gasteiger partial charge in [-0.05, 0) is 53.5 Å². The molecular formula is C24H23N3O4S. The molecule has 4 aliphatic rings. The maximum atomic E-state index is 12.3. The van der Waals surface area contributed by atoms with Crippen LogP contribution in [0.2, 0.25) is 0 Å². The summed E-state index contributed by atoms with van der Waals surface area (Å²) in [5, 5.41) is 16.7. The van der Waals surface area contributed by atoms with E-state index >= 15 is 0 Å². The number of rotatable bonds is 3. The molecule has 0 bridgehead atoms. The highest BCUT2D eigenvalue weighted by Crippen LogP contribution is 2.59. The number of nitrogens with two attached hydrogens (primary N) is 1. The molecule has 32 heavy (non-hydrogen) atoms. The Morgan fingerprint density at radius 3 is 2.34 bits per heavy atom. The highest BCUT2D eigenvalue weighted by Gasteiger charge is 2.48. The Morgan fingerprint density at radius 2 is 1.66 bits per heavy atom. The van der Waals surface area contributed by atoms with Crippen molar-refractivity contribution in [3.8, 4) is 0 Å². The standard InChI is InChI=1S/C24H23N3O4S/c25-32(30,31)17-11-21-18-4-1-3-15(18)13-26-23(14-7-9-16(10-8-14)27(28)29)20-6-2-5-19(20)22(12-17)24(21)26/h1-2,4-5,7-12,15,18-20,23H,3,6,13H2,(H2,25,30,31)/t15-,18+,19+,20+,23+/m1/s1. The van der Waals surface area contributed by atoms with Crippen LogP contribution in [-0.2, 0) is 10.0 Å². The Morgan fingerprint density at radius 1 is 1.00 bits per heavy atom. The Bertz CT molecular complexity index is 1280. The van der Waals surface area contributed by atoms with Crippen molar-refractivity contribution in [3.63, 3.8) is 0 Å². The minimum absolute atomic E-state index is 0.0731. The molecule has 0 unspecified atom stereocenters. The van der Waals surface area contributed by atoms with Gasteiger partial charge in [0.1, 0.15) is 0 Å². The molecule has 164 valence electrons. The van der Waals surface area contributed by atoms with Gasteiger partial charge in [0.25, 0.3) is 5.69 Å². The number of benzene rings is 2. The van der Waals surface area contributed by atoms with E-state index in [1.54, 1.807) is 24.3 Å². The van der Waals surface area contributed by atoms with Gasteiger partial charge in [-0.2, -0.15) is 0 Å². The largest absolute Gasteiger partial charge is 0.363 e. The van der Waals surface area contributed by atoms with Crippen LogP contribution in [0.1, 0.15) is 47.4 Å². The zero-order chi connectivity index (χ0) is 22.2. The number of nitro groups is 1. The third-order valence-corrected chi connectivity index (χ3v) is 8.49. The number of hydrogen-bond acceptors (Lipinski definition) is 5. The van der Waals surface area contributed by atoms with Gasteiger partial charge in [-0.15, -0.1) is 0 Å². The van der Waals surface area contributed by atoms with Gasteiger partial charge in [-0.1, -0.05) is 36.4 Å². The molecule has 2 aromatic rings. The second-order valence-corrected chi connectivity index (χ2v) is 10.8. The van der Waals surface area contributed by atoms with E-state index in [0.717, 1.165) is 41.8 Å². The van der Waals surface area contributed by atoms with Crippen LogP contribution in [0.3, 0.4) is 0 Å². The molecule has 0 radical (unpaired) electrons. The fraction of sp³-hybridized carbons (Fsp3) is 0.333. The fourth-order valence-electron chi connectivity index (χ4n) is 6.28. The molecule has 0 saturated carbocycles. The summed E-state index contributed by atoms with van der Waals surface area (Å²) in [7, 11) is -3.83. The zero-order valence-electron chi connectivity index (χ0n) is 17.3. The number of sulfonamides is 1. The molecule has 2 aliphatic heterocycles. The van der Waals surface area contributed by atoms with Crippen molar-refractivity contribution in [3.05, 3.63) is 87.5 Å². The van der Waals surface area contributed by atoms with Gasteiger partial charge < -0.3 is 4.90 Å². The zero-order valence-corrected chi connectivity index (χ0v) is 18.1. The van der Waals surface area contributed by atoms with Crippen molar-refractivity contribution in [2.45, 2.75) is 35.6 Å². The van der Waals surface area contributed by atoms with E-state index in [1.165, 1.54) is 0 Å². The van der Waals surface area contributed by atoms with Gasteiger partial charge in [0.05, 0.1) is 15.9 Å². The van der Waals surface area contributed by atoms with Crippen LogP contribution < -0.4 is 10.0 Å². The van der Waals surface area contributed by atoms with E-state index in [0.29, 0.717) is 5.92 Å². The van der Waals surface area contributed by atoms with Crippen LogP contribution in [-0.4, -0.2) is 19.9 Å². The average molecular weight is 450 g/mol. The predicted molar refractivity (Wildman–Crippen MR) is 121 cm³/mol. The lowest BCUT2D eigenvalue weighted by Crippen LogP contribution is -2.46. The molecule has 2 aliphatic carbocycles. The lowest BCUT2D eigenvalue weighted by Gasteiger charge is -2.51. The first-order valence-electron chi connectivity index (χ1n) is 10.9. The van der Waals surface area contributed by atoms with E-state index in [-0.39, 0.29) is 39.3 Å². The number of anilines is 1. The van der Waals surface area contributed by atoms with Crippen molar-refractivity contribution in [2.75, 3.05) is 11.4 Å². The first kappa shape index (κ1) is 19.7. The summed E-state index contributed by atoms with van der Waals surface area (Å²) in [6.07, 6.45) is 10.6. The molecule has 0 saturated heterocycles. The number of non-ortho nitro benzene ring substituents is 1. The van der Waals surface area contributed by atoms with Crippen molar-refractivity contribution < 1.29 is 13.3 Å². The van der Waals surface area contributed by atoms with E-state index < -0.39 is 10.0 Å². The summed E-state index contributed by atoms with van der Waals surface area (Å²) in [5.74, 6) is 0.876. The van der Waals surface area contributed by atoms with Gasteiger partial charge in [0.2, 0.25) is 10.0 Å². The Kier molecular flexibility index (Phi) is 4.16. The van der Waals surface area contributed by atoms with Crippen LogP contribution in [0, 0.1) is 22.0 Å². The number of fused-ring (bicyclic) bond motifs is 4. The van der Waals surface area contributed by atoms with Crippen LogP contribution in [0.15, 0.2) is 65.6 Å². The predicted octanol–water partition coefficient (Wildman–Crippen LogP) is 4.14. The molecule has 5 atom stereocenters. The monoisotopic (exact) mass is 449 g/mol. The van der Waals surface area contributed by atoms with E-state index in [4.69, 9.17) is 5.14 Å². The lowest BCUT2D eigenvalue weighted by molar-refractivity contribution is -0.384. The van der Waals surface area contributed by atoms with Gasteiger partial charge >= 0.3 is 0 Å². The van der Waals surface area contributed by atoms with Gasteiger partial charge in [0.15, 0.2) is 0 Å². The normalized spacial score (nSPS) is 29.5. The minimum Gasteiger partial charge on any atom is -0.363 e. The summed E-state index contributed by atoms with van der Waals surface area (Å²) in [6, 6.07) is 10.5. The maximum absolute atomic E-state index is 12.3. The van der Waals surface area contributed by atoms with E-state index in [1.807, 2.05) is 12.1 Å². The highest BCUT2D eigenvalue weighted by molar-refractivity contribution is 7.89. The van der Waals surface area contributed by atoms with Crippen LogP contribution in [0.5, 0.6) is 0 Å². The molecule has 0 aromatic heterocycles. The fourth-order valence-corrected chi connectivity index (χ4v) is 6.87. The van der Waals surface area contributed by atoms with Crippen molar-refractivity contribution >= 4 is 21.4 Å². The summed E-state index contributed by atoms with van der Waals surface area (Å²) in [4.78, 5) is 13.4. The van der Waals surface area contributed by atoms with E-state index in [2.05, 4.69) is 29.2 Å². The summed E-state index contributed by atoms with van der Waals surface area (Å²) < 4.78 is 24.6. The van der Waals surface area contributed by atoms with Crippen molar-refractivity contribution in [1.29, 1.82) is 0 Å². The highest BCUT2D eigenvalue weighted by atomic mass is 32.2. The van der Waals surface area contributed by atoms with Crippen LogP contribution in [0.4, 0.5) is 11.4 Å². The van der Waals surface area contributed by atoms with Crippen molar-refractivity contribution in [1.82, 2.24) is 0 Å². The van der Waals surface area contributed by atoms with Crippen LogP contribution >= 0.6 is 0 Å². The topological polar surface area (TPSA) is 107 Å². The number of nitro benzene ring substituents is 1. The second kappa shape index (κ2) is 6.76. The Labute approximate surface area is 186 Å². The summed E-state index contributed by atoms with van der Waals surface area (Å²) in [6.45, 7) is 0.872. The molecule has 2 heterocycles. The molecule has 2 N–H and O–H groups in total. The number of hydrogen-bond donors (Lipinski definition) is 1. The maximum Gasteiger partial charge on any atom is 0.269 e. The summed E-state index contributed by atoms with van der Waals surface area (Å²) >= 11 is 0. The van der Waals surface area contributed by atoms with Gasteiger partial charge in [-0.25, -0.2) is 13.6 Å². The quantitative estimate of drug-likeness (QED) is 0.431. The molecule has 2 aromatic carbocycles. The Balaban J connectivity index is 1.57. The lowest BCUT2D eigenvalue weighted by atomic mass is 9.70. The minimum atomic E-state index is -3.83. The number of primary sulfonamides is 1. The SMILES string of the molecule is NS(=O)(=O)c1cc2c3c(c1)[C@H]1C=CC[C@@H]1[C@H](c1ccc([N+](=O)[O-])cc1)N3C[C@H]1CC=C[C@H]21. The molecule has 0 amide bonds. The van der Waals surface area contributed by atoms with Crippen LogP contribution in [0.25, 0.3) is 0 Å². The third kappa shape index (κ3) is 2.79. The first-order chi connectivity index (χ1) is 15.3. The first-order valence-corrected chi connectivity index (χ1v) is 12.4. The Hall–Kier alpha value is -2.97.